The fourth-order valence-corrected chi connectivity index (χ4v) is 5.04. The summed E-state index contributed by atoms with van der Waals surface area (Å²) in [7, 11) is 1.52. The number of anilines is 2. The maximum Gasteiger partial charge on any atom is 0.320 e. The molecule has 5 rings (SSSR count). The Morgan fingerprint density at radius 1 is 1.27 bits per heavy atom. The highest BCUT2D eigenvalue weighted by Crippen LogP contribution is 2.40. The van der Waals surface area contributed by atoms with E-state index >= 15 is 0 Å². The van der Waals surface area contributed by atoms with Gasteiger partial charge in [-0.25, -0.2) is 9.78 Å². The zero-order chi connectivity index (χ0) is 23.1. The second kappa shape index (κ2) is 8.39. The van der Waals surface area contributed by atoms with Crippen LogP contribution < -0.4 is 15.5 Å². The third-order valence-electron chi connectivity index (χ3n) is 5.81. The fraction of sp³-hybridized carbons (Fsp3) is 0.364. The van der Waals surface area contributed by atoms with E-state index in [1.165, 1.54) is 18.4 Å². The van der Waals surface area contributed by atoms with Crippen molar-refractivity contribution in [3.8, 4) is 11.5 Å². The van der Waals surface area contributed by atoms with Crippen LogP contribution in [0.1, 0.15) is 46.7 Å². The van der Waals surface area contributed by atoms with Gasteiger partial charge in [0.1, 0.15) is 12.3 Å². The quantitative estimate of drug-likeness (QED) is 0.418. The van der Waals surface area contributed by atoms with Crippen molar-refractivity contribution < 1.29 is 18.8 Å². The molecule has 3 aromatic rings. The van der Waals surface area contributed by atoms with Crippen molar-refractivity contribution in [1.82, 2.24) is 20.5 Å². The highest BCUT2D eigenvalue weighted by Gasteiger charge is 2.38. The van der Waals surface area contributed by atoms with E-state index in [1.54, 1.807) is 23.1 Å². The number of hydrogen-bond donors (Lipinski definition) is 2. The number of ketones is 1. The molecule has 11 heteroatoms. The molecule has 1 aliphatic heterocycles. The lowest BCUT2D eigenvalue weighted by Crippen LogP contribution is -2.42. The van der Waals surface area contributed by atoms with Crippen LogP contribution in [-0.4, -0.2) is 46.4 Å². The summed E-state index contributed by atoms with van der Waals surface area (Å²) in [6.07, 6.45) is 3.24. The second-order valence-corrected chi connectivity index (χ2v) is 9.22. The lowest BCUT2D eigenvalue weighted by atomic mass is 10.0. The molecule has 170 valence electrons. The number of rotatable bonds is 6. The Morgan fingerprint density at radius 2 is 2.09 bits per heavy atom. The minimum absolute atomic E-state index is 0.123. The third kappa shape index (κ3) is 3.99. The number of nitrogens with zero attached hydrogens (tertiary/aromatic N) is 4. The van der Waals surface area contributed by atoms with Crippen LogP contribution in [0.3, 0.4) is 0 Å². The Kier molecular flexibility index (Phi) is 5.41. The SMILES string of the molecule is CNC(=O)Nc1nc2c(s1)[C@H](C=O)N(c1nnc(-c3cccc(C(=O)C4CC4)c3)o1)[C@H](C)C2. The molecule has 2 amide bonds. The van der Waals surface area contributed by atoms with Gasteiger partial charge >= 0.3 is 12.0 Å². The number of urea groups is 1. The third-order valence-corrected chi connectivity index (χ3v) is 6.90. The van der Waals surface area contributed by atoms with Crippen molar-refractivity contribution in [1.29, 1.82) is 0 Å². The normalized spacial score (nSPS) is 19.6. The number of hydrogen-bond acceptors (Lipinski definition) is 9. The molecule has 0 unspecified atom stereocenters. The standard InChI is InChI=1S/C22H22N6O4S/c1-11-8-15-18(33-21(24-15)25-20(31)23-2)16(10-29)28(11)22-27-26-19(32-22)14-5-3-4-13(9-14)17(30)12-6-7-12/h3-5,9-12,16H,6-8H2,1-2H3,(H2,23,24,25,31)/t11-,16+/m1/s1. The van der Waals surface area contributed by atoms with E-state index in [-0.39, 0.29) is 35.7 Å². The van der Waals surface area contributed by atoms with E-state index in [0.29, 0.717) is 22.7 Å². The summed E-state index contributed by atoms with van der Waals surface area (Å²) >= 11 is 1.25. The van der Waals surface area contributed by atoms with Crippen LogP contribution >= 0.6 is 11.3 Å². The summed E-state index contributed by atoms with van der Waals surface area (Å²) < 4.78 is 5.96. The first-order valence-corrected chi connectivity index (χ1v) is 11.5. The lowest BCUT2D eigenvalue weighted by molar-refractivity contribution is -0.109. The molecule has 2 atom stereocenters. The molecule has 1 aromatic carbocycles. The summed E-state index contributed by atoms with van der Waals surface area (Å²) in [5.74, 6) is 0.544. The van der Waals surface area contributed by atoms with Gasteiger partial charge in [0.15, 0.2) is 10.9 Å². The average molecular weight is 467 g/mol. The van der Waals surface area contributed by atoms with Crippen molar-refractivity contribution in [2.75, 3.05) is 17.3 Å². The molecule has 3 heterocycles. The number of Topliss-reactive ketones (excluding diaryl/α,β-unsaturated/α-hetero) is 1. The van der Waals surface area contributed by atoms with Gasteiger partial charge in [-0.3, -0.25) is 10.1 Å². The van der Waals surface area contributed by atoms with Gasteiger partial charge in [-0.15, -0.1) is 5.10 Å². The number of amides is 2. The molecule has 0 bridgehead atoms. The van der Waals surface area contributed by atoms with Crippen molar-refractivity contribution in [3.05, 3.63) is 40.4 Å². The number of carbonyl (C=O) groups excluding carboxylic acids is 3. The minimum Gasteiger partial charge on any atom is -0.403 e. The summed E-state index contributed by atoms with van der Waals surface area (Å²) in [6, 6.07) is 6.22. The van der Waals surface area contributed by atoms with E-state index in [0.717, 1.165) is 29.7 Å². The molecule has 2 N–H and O–H groups in total. The Morgan fingerprint density at radius 3 is 2.82 bits per heavy atom. The summed E-state index contributed by atoms with van der Waals surface area (Å²) in [5, 5.41) is 13.9. The van der Waals surface area contributed by atoms with Gasteiger partial charge in [0, 0.05) is 36.6 Å². The van der Waals surface area contributed by atoms with E-state index in [2.05, 4.69) is 25.8 Å². The second-order valence-electron chi connectivity index (χ2n) is 8.18. The monoisotopic (exact) mass is 466 g/mol. The van der Waals surface area contributed by atoms with E-state index in [1.807, 2.05) is 13.0 Å². The Balaban J connectivity index is 1.43. The molecule has 1 fully saturated rings. The summed E-state index contributed by atoms with van der Waals surface area (Å²) in [5.41, 5.74) is 2.05. The molecule has 0 saturated heterocycles. The van der Waals surface area contributed by atoms with Gasteiger partial charge in [0.2, 0.25) is 5.89 Å². The molecular weight excluding hydrogens is 444 g/mol. The number of aromatic nitrogens is 3. The molecule has 33 heavy (non-hydrogen) atoms. The first-order valence-electron chi connectivity index (χ1n) is 10.7. The van der Waals surface area contributed by atoms with Crippen LogP contribution in [0, 0.1) is 5.92 Å². The van der Waals surface area contributed by atoms with Crippen LogP contribution in [0.4, 0.5) is 15.9 Å². The Hall–Kier alpha value is -3.60. The molecular formula is C22H22N6O4S. The maximum atomic E-state index is 12.4. The van der Waals surface area contributed by atoms with Gasteiger partial charge in [-0.05, 0) is 31.9 Å². The van der Waals surface area contributed by atoms with E-state index in [4.69, 9.17) is 4.42 Å². The highest BCUT2D eigenvalue weighted by atomic mass is 32.1. The molecule has 0 radical (unpaired) electrons. The average Bonchev–Trinajstić information content (AvgIpc) is 3.43. The largest absolute Gasteiger partial charge is 0.403 e. The molecule has 1 aliphatic carbocycles. The highest BCUT2D eigenvalue weighted by molar-refractivity contribution is 7.16. The van der Waals surface area contributed by atoms with Crippen molar-refractivity contribution in [3.63, 3.8) is 0 Å². The smallest absolute Gasteiger partial charge is 0.320 e. The lowest BCUT2D eigenvalue weighted by Gasteiger charge is -2.35. The molecule has 1 saturated carbocycles. The molecule has 0 spiro atoms. The van der Waals surface area contributed by atoms with Crippen molar-refractivity contribution in [2.45, 2.75) is 38.3 Å². The number of aldehydes is 1. The number of benzene rings is 1. The zero-order valence-corrected chi connectivity index (χ0v) is 18.9. The summed E-state index contributed by atoms with van der Waals surface area (Å²) in [4.78, 5) is 43.2. The molecule has 10 nitrogen and oxygen atoms in total. The predicted molar refractivity (Wildman–Crippen MR) is 121 cm³/mol. The van der Waals surface area contributed by atoms with Crippen LogP contribution in [0.15, 0.2) is 28.7 Å². The predicted octanol–water partition coefficient (Wildman–Crippen LogP) is 3.23. The number of carbonyl (C=O) groups is 3. The summed E-state index contributed by atoms with van der Waals surface area (Å²) in [6.45, 7) is 1.95. The number of fused-ring (bicyclic) bond motifs is 1. The van der Waals surface area contributed by atoms with Gasteiger partial charge in [0.05, 0.1) is 10.6 Å². The van der Waals surface area contributed by atoms with E-state index < -0.39 is 6.04 Å². The van der Waals surface area contributed by atoms with Gasteiger partial charge in [0.25, 0.3) is 0 Å². The van der Waals surface area contributed by atoms with Crippen LogP contribution in [0.25, 0.3) is 11.5 Å². The van der Waals surface area contributed by atoms with Gasteiger partial charge in [-0.1, -0.05) is 28.6 Å². The van der Waals surface area contributed by atoms with Crippen LogP contribution in [0.2, 0.25) is 0 Å². The molecule has 2 aliphatic rings. The van der Waals surface area contributed by atoms with Gasteiger partial charge < -0.3 is 19.4 Å². The van der Waals surface area contributed by atoms with Crippen LogP contribution in [0.5, 0.6) is 0 Å². The van der Waals surface area contributed by atoms with Crippen molar-refractivity contribution in [2.24, 2.45) is 5.92 Å². The first kappa shape index (κ1) is 21.3. The van der Waals surface area contributed by atoms with E-state index in [9.17, 15) is 14.4 Å². The minimum atomic E-state index is -0.669. The Labute approximate surface area is 193 Å². The Bertz CT molecular complexity index is 1230. The van der Waals surface area contributed by atoms with Crippen molar-refractivity contribution >= 4 is 40.6 Å². The fourth-order valence-electron chi connectivity index (χ4n) is 3.99. The number of nitrogens with one attached hydrogen (secondary N) is 2. The zero-order valence-electron chi connectivity index (χ0n) is 18.1. The maximum absolute atomic E-state index is 12.4. The topological polar surface area (TPSA) is 130 Å². The molecule has 2 aromatic heterocycles. The van der Waals surface area contributed by atoms with Gasteiger partial charge in [-0.2, -0.15) is 0 Å². The van der Waals surface area contributed by atoms with Crippen LogP contribution in [-0.2, 0) is 11.2 Å². The number of thiazole rings is 1. The first-order chi connectivity index (χ1) is 16.0.